The van der Waals surface area contributed by atoms with Crippen molar-refractivity contribution in [2.24, 2.45) is 0 Å². The minimum atomic E-state index is -4.21. The Hall–Kier alpha value is -4.12. The van der Waals surface area contributed by atoms with Gasteiger partial charge in [-0.15, -0.1) is 0 Å². The molecule has 0 aromatic heterocycles. The van der Waals surface area contributed by atoms with Crippen LogP contribution in [0.4, 0.5) is 11.4 Å². The van der Waals surface area contributed by atoms with Gasteiger partial charge in [0.1, 0.15) is 23.8 Å². The highest BCUT2D eigenvalue weighted by molar-refractivity contribution is 7.92. The molecule has 0 spiro atoms. The molecule has 3 aromatic rings. The third-order valence-electron chi connectivity index (χ3n) is 5.35. The molecule has 198 valence electrons. The molecule has 0 bridgehead atoms. The monoisotopic (exact) mass is 530 g/mol. The van der Waals surface area contributed by atoms with Gasteiger partial charge in [0.25, 0.3) is 10.0 Å². The highest BCUT2D eigenvalue weighted by Gasteiger charge is 2.29. The molecule has 0 aliphatic carbocycles. The Labute approximate surface area is 216 Å². The van der Waals surface area contributed by atoms with E-state index < -0.39 is 22.5 Å². The second kappa shape index (κ2) is 12.2. The van der Waals surface area contributed by atoms with Gasteiger partial charge in [0, 0.05) is 12.1 Å². The van der Waals surface area contributed by atoms with Crippen LogP contribution in [0.2, 0.25) is 0 Å². The third kappa shape index (κ3) is 6.36. The van der Waals surface area contributed by atoms with Gasteiger partial charge in [-0.1, -0.05) is 0 Å². The smallest absolute Gasteiger partial charge is 0.264 e. The molecule has 0 saturated carbocycles. The molecule has 0 aliphatic rings. The number of hydrogen-bond acceptors (Lipinski definition) is 8. The normalized spacial score (nSPS) is 10.8. The summed E-state index contributed by atoms with van der Waals surface area (Å²) in [7, 11) is 1.61. The van der Waals surface area contributed by atoms with Crippen LogP contribution >= 0.6 is 0 Å². The molecule has 1 N–H and O–H groups in total. The van der Waals surface area contributed by atoms with Crippen molar-refractivity contribution >= 4 is 27.3 Å². The van der Waals surface area contributed by atoms with Gasteiger partial charge < -0.3 is 29.0 Å². The number of carbonyl (C=O) groups is 1. The average molecular weight is 531 g/mol. The number of amides is 1. The second-order valence-electron chi connectivity index (χ2n) is 7.57. The van der Waals surface area contributed by atoms with Crippen LogP contribution in [0.25, 0.3) is 0 Å². The lowest BCUT2D eigenvalue weighted by molar-refractivity contribution is -0.114. The molecule has 0 fully saturated rings. The second-order valence-corrected chi connectivity index (χ2v) is 9.43. The van der Waals surface area contributed by atoms with Crippen LogP contribution in [0.5, 0.6) is 28.7 Å². The van der Waals surface area contributed by atoms with E-state index in [0.717, 1.165) is 4.31 Å². The highest BCUT2D eigenvalue weighted by Crippen LogP contribution is 2.33. The zero-order chi connectivity index (χ0) is 27.0. The average Bonchev–Trinajstić information content (AvgIpc) is 2.91. The summed E-state index contributed by atoms with van der Waals surface area (Å²) >= 11 is 0. The van der Waals surface area contributed by atoms with E-state index in [1.165, 1.54) is 46.6 Å². The standard InChI is InChI=1S/C26H30N2O8S/c1-6-36-19-9-7-18(8-10-19)28(37(30,31)21-12-14-24(34-4)25(16-21)35-5)17-26(29)27-22-15-20(32-2)11-13-23(22)33-3/h7-16H,6,17H2,1-5H3,(H,27,29). The Balaban J connectivity index is 2.01. The van der Waals surface area contributed by atoms with Crippen molar-refractivity contribution in [3.63, 3.8) is 0 Å². The van der Waals surface area contributed by atoms with Gasteiger partial charge in [-0.25, -0.2) is 8.42 Å². The number of anilines is 2. The van der Waals surface area contributed by atoms with E-state index in [-0.39, 0.29) is 16.3 Å². The van der Waals surface area contributed by atoms with E-state index in [4.69, 9.17) is 23.7 Å². The third-order valence-corrected chi connectivity index (χ3v) is 7.12. The molecule has 0 atom stereocenters. The van der Waals surface area contributed by atoms with Crippen molar-refractivity contribution in [2.75, 3.05) is 51.2 Å². The maximum absolute atomic E-state index is 13.8. The molecule has 0 heterocycles. The minimum Gasteiger partial charge on any atom is -0.497 e. The first-order chi connectivity index (χ1) is 17.8. The topological polar surface area (TPSA) is 113 Å². The van der Waals surface area contributed by atoms with E-state index in [1.807, 2.05) is 6.92 Å². The number of benzene rings is 3. The maximum Gasteiger partial charge on any atom is 0.264 e. The lowest BCUT2D eigenvalue weighted by Crippen LogP contribution is -2.38. The summed E-state index contributed by atoms with van der Waals surface area (Å²) in [6, 6.07) is 15.6. The van der Waals surface area contributed by atoms with Gasteiger partial charge in [-0.3, -0.25) is 9.10 Å². The summed E-state index contributed by atoms with van der Waals surface area (Å²) in [5.74, 6) is 1.48. The summed E-state index contributed by atoms with van der Waals surface area (Å²) in [4.78, 5) is 13.1. The van der Waals surface area contributed by atoms with E-state index >= 15 is 0 Å². The van der Waals surface area contributed by atoms with E-state index in [0.29, 0.717) is 35.3 Å². The van der Waals surface area contributed by atoms with Crippen molar-refractivity contribution in [3.8, 4) is 28.7 Å². The molecule has 1 amide bonds. The Morgan fingerprint density at radius 3 is 2.00 bits per heavy atom. The molecule has 3 aromatic carbocycles. The van der Waals surface area contributed by atoms with Crippen LogP contribution in [0.15, 0.2) is 65.6 Å². The molecule has 37 heavy (non-hydrogen) atoms. The van der Waals surface area contributed by atoms with Crippen molar-refractivity contribution in [2.45, 2.75) is 11.8 Å². The van der Waals surface area contributed by atoms with E-state index in [2.05, 4.69) is 5.32 Å². The van der Waals surface area contributed by atoms with Gasteiger partial charge in [-0.05, 0) is 55.5 Å². The fourth-order valence-electron chi connectivity index (χ4n) is 3.53. The summed E-state index contributed by atoms with van der Waals surface area (Å²) in [5.41, 5.74) is 0.605. The van der Waals surface area contributed by atoms with Crippen molar-refractivity contribution in [1.82, 2.24) is 0 Å². The molecule has 0 unspecified atom stereocenters. The van der Waals surface area contributed by atoms with Crippen molar-refractivity contribution < 1.29 is 36.9 Å². The van der Waals surface area contributed by atoms with Crippen LogP contribution in [-0.2, 0) is 14.8 Å². The van der Waals surface area contributed by atoms with Crippen LogP contribution < -0.4 is 33.3 Å². The van der Waals surface area contributed by atoms with Crippen LogP contribution in [0.1, 0.15) is 6.92 Å². The summed E-state index contributed by atoms with van der Waals surface area (Å²) in [5, 5.41) is 2.71. The number of rotatable bonds is 12. The Kier molecular flexibility index (Phi) is 9.07. The fourth-order valence-corrected chi connectivity index (χ4v) is 4.96. The lowest BCUT2D eigenvalue weighted by Gasteiger charge is -2.25. The molecular formula is C26H30N2O8S. The number of carbonyl (C=O) groups excluding carboxylic acids is 1. The first kappa shape index (κ1) is 27.5. The Morgan fingerprint density at radius 2 is 1.41 bits per heavy atom. The van der Waals surface area contributed by atoms with Gasteiger partial charge in [0.05, 0.1) is 51.3 Å². The predicted octanol–water partition coefficient (Wildman–Crippen LogP) is 3.95. The molecule has 0 radical (unpaired) electrons. The summed E-state index contributed by atoms with van der Waals surface area (Å²) in [6.07, 6.45) is 0. The molecule has 0 aliphatic heterocycles. The Morgan fingerprint density at radius 1 is 0.784 bits per heavy atom. The van der Waals surface area contributed by atoms with E-state index in [1.54, 1.807) is 42.5 Å². The number of nitrogens with zero attached hydrogens (tertiary/aromatic N) is 1. The van der Waals surface area contributed by atoms with Crippen LogP contribution in [0.3, 0.4) is 0 Å². The zero-order valence-corrected chi connectivity index (χ0v) is 22.1. The lowest BCUT2D eigenvalue weighted by atomic mass is 10.2. The molecule has 0 saturated heterocycles. The highest BCUT2D eigenvalue weighted by atomic mass is 32.2. The van der Waals surface area contributed by atoms with Gasteiger partial charge >= 0.3 is 0 Å². The minimum absolute atomic E-state index is 0.0780. The van der Waals surface area contributed by atoms with Crippen LogP contribution in [0, 0.1) is 0 Å². The summed E-state index contributed by atoms with van der Waals surface area (Å²) in [6.45, 7) is 1.78. The number of sulfonamides is 1. The van der Waals surface area contributed by atoms with Crippen molar-refractivity contribution in [1.29, 1.82) is 0 Å². The quantitative estimate of drug-likeness (QED) is 0.375. The zero-order valence-electron chi connectivity index (χ0n) is 21.3. The molecular weight excluding hydrogens is 500 g/mol. The number of nitrogens with one attached hydrogen (secondary N) is 1. The fraction of sp³-hybridized carbons (Fsp3) is 0.269. The van der Waals surface area contributed by atoms with Gasteiger partial charge in [-0.2, -0.15) is 0 Å². The maximum atomic E-state index is 13.8. The van der Waals surface area contributed by atoms with Gasteiger partial charge in [0.15, 0.2) is 11.5 Å². The van der Waals surface area contributed by atoms with Gasteiger partial charge in [0.2, 0.25) is 5.91 Å². The molecule has 10 nitrogen and oxygen atoms in total. The van der Waals surface area contributed by atoms with Crippen LogP contribution in [-0.4, -0.2) is 55.9 Å². The first-order valence-electron chi connectivity index (χ1n) is 11.3. The van der Waals surface area contributed by atoms with E-state index in [9.17, 15) is 13.2 Å². The number of hydrogen-bond donors (Lipinski definition) is 1. The number of methoxy groups -OCH3 is 4. The van der Waals surface area contributed by atoms with Crippen molar-refractivity contribution in [3.05, 3.63) is 60.7 Å². The first-order valence-corrected chi connectivity index (χ1v) is 12.7. The molecule has 11 heteroatoms. The largest absolute Gasteiger partial charge is 0.497 e. The Bertz CT molecular complexity index is 1330. The number of ether oxygens (including phenoxy) is 5. The SMILES string of the molecule is CCOc1ccc(N(CC(=O)Nc2cc(OC)ccc2OC)S(=O)(=O)c2ccc(OC)c(OC)c2)cc1. The summed E-state index contributed by atoms with van der Waals surface area (Å²) < 4.78 is 55.1. The predicted molar refractivity (Wildman–Crippen MR) is 140 cm³/mol. The molecule has 3 rings (SSSR count).